The van der Waals surface area contributed by atoms with Crippen molar-refractivity contribution in [1.82, 2.24) is 9.97 Å². The number of nitrogens with one attached hydrogen (secondary N) is 1. The summed E-state index contributed by atoms with van der Waals surface area (Å²) in [6.45, 7) is 5.40. The van der Waals surface area contributed by atoms with Gasteiger partial charge in [0, 0.05) is 11.8 Å². The highest BCUT2D eigenvalue weighted by Gasteiger charge is 2.16. The van der Waals surface area contributed by atoms with Gasteiger partial charge in [-0.15, -0.1) is 0 Å². The van der Waals surface area contributed by atoms with Crippen molar-refractivity contribution in [1.29, 1.82) is 0 Å². The first-order valence-electron chi connectivity index (χ1n) is 6.85. The van der Waals surface area contributed by atoms with Gasteiger partial charge in [-0.25, -0.2) is 14.8 Å². The molecule has 6 nitrogen and oxygen atoms in total. The maximum atomic E-state index is 11.8. The Hall–Kier alpha value is -2.63. The van der Waals surface area contributed by atoms with Crippen molar-refractivity contribution >= 4 is 11.9 Å². The molecule has 1 aromatic carbocycles. The van der Waals surface area contributed by atoms with Crippen molar-refractivity contribution in [3.63, 3.8) is 0 Å². The number of carbonyl (C=O) groups excluding carboxylic acids is 1. The smallest absolute Gasteiger partial charge is 0.413 e. The van der Waals surface area contributed by atoms with Crippen molar-refractivity contribution in [2.45, 2.75) is 26.4 Å². The Kier molecular flexibility index (Phi) is 4.60. The molecule has 0 saturated heterocycles. The fourth-order valence-electron chi connectivity index (χ4n) is 1.74. The molecule has 0 radical (unpaired) electrons. The minimum atomic E-state index is -0.563. The van der Waals surface area contributed by atoms with E-state index in [0.717, 1.165) is 5.56 Å². The van der Waals surface area contributed by atoms with Crippen LogP contribution in [0.15, 0.2) is 36.5 Å². The van der Waals surface area contributed by atoms with Crippen molar-refractivity contribution < 1.29 is 14.3 Å². The molecule has 116 valence electrons. The van der Waals surface area contributed by atoms with Crippen molar-refractivity contribution in [3.8, 4) is 17.1 Å². The SMILES string of the molecule is COc1cccc(-c2nccc(NC(=O)OC(C)(C)C)n2)c1. The van der Waals surface area contributed by atoms with E-state index in [1.807, 2.05) is 24.3 Å². The van der Waals surface area contributed by atoms with Crippen LogP contribution in [0.4, 0.5) is 10.6 Å². The van der Waals surface area contributed by atoms with Gasteiger partial charge in [0.25, 0.3) is 0 Å². The Labute approximate surface area is 129 Å². The molecule has 2 aromatic rings. The second-order valence-electron chi connectivity index (χ2n) is 5.62. The Morgan fingerprint density at radius 2 is 2.00 bits per heavy atom. The molecule has 0 unspecified atom stereocenters. The van der Waals surface area contributed by atoms with E-state index in [1.165, 1.54) is 0 Å². The summed E-state index contributed by atoms with van der Waals surface area (Å²) in [4.78, 5) is 20.3. The fraction of sp³-hybridized carbons (Fsp3) is 0.312. The van der Waals surface area contributed by atoms with Crippen LogP contribution >= 0.6 is 0 Å². The first-order chi connectivity index (χ1) is 10.4. The van der Waals surface area contributed by atoms with Crippen LogP contribution in [0.1, 0.15) is 20.8 Å². The van der Waals surface area contributed by atoms with Gasteiger partial charge >= 0.3 is 6.09 Å². The van der Waals surface area contributed by atoms with Gasteiger partial charge in [-0.1, -0.05) is 12.1 Å². The zero-order chi connectivity index (χ0) is 16.2. The minimum Gasteiger partial charge on any atom is -0.497 e. The Morgan fingerprint density at radius 3 is 2.68 bits per heavy atom. The Bertz CT molecular complexity index is 666. The molecular weight excluding hydrogens is 282 g/mol. The predicted molar refractivity (Wildman–Crippen MR) is 83.9 cm³/mol. The maximum Gasteiger partial charge on any atom is 0.413 e. The van der Waals surface area contributed by atoms with Crippen LogP contribution in [-0.2, 0) is 4.74 Å². The molecule has 0 saturated carbocycles. The highest BCUT2D eigenvalue weighted by molar-refractivity contribution is 5.83. The van der Waals surface area contributed by atoms with E-state index in [2.05, 4.69) is 15.3 Å². The van der Waals surface area contributed by atoms with E-state index in [4.69, 9.17) is 9.47 Å². The zero-order valence-corrected chi connectivity index (χ0v) is 13.1. The largest absolute Gasteiger partial charge is 0.497 e. The van der Waals surface area contributed by atoms with Crippen LogP contribution in [0.5, 0.6) is 5.75 Å². The summed E-state index contributed by atoms with van der Waals surface area (Å²) in [6.07, 6.45) is 1.02. The second kappa shape index (κ2) is 6.43. The van der Waals surface area contributed by atoms with Crippen LogP contribution in [-0.4, -0.2) is 28.8 Å². The number of methoxy groups -OCH3 is 1. The van der Waals surface area contributed by atoms with Crippen LogP contribution in [0.25, 0.3) is 11.4 Å². The molecule has 2 rings (SSSR count). The van der Waals surface area contributed by atoms with Crippen LogP contribution < -0.4 is 10.1 Å². The molecule has 0 spiro atoms. The lowest BCUT2D eigenvalue weighted by Gasteiger charge is -2.19. The number of nitrogens with zero attached hydrogens (tertiary/aromatic N) is 2. The maximum absolute atomic E-state index is 11.8. The molecule has 22 heavy (non-hydrogen) atoms. The van der Waals surface area contributed by atoms with Gasteiger partial charge < -0.3 is 9.47 Å². The molecule has 1 N–H and O–H groups in total. The average molecular weight is 301 g/mol. The standard InChI is InChI=1S/C16H19N3O3/c1-16(2,3)22-15(20)19-13-8-9-17-14(18-13)11-6-5-7-12(10-11)21-4/h5-10H,1-4H3,(H,17,18,19,20). The first kappa shape index (κ1) is 15.8. The van der Waals surface area contributed by atoms with Crippen molar-refractivity contribution in [3.05, 3.63) is 36.5 Å². The molecular formula is C16H19N3O3. The third kappa shape index (κ3) is 4.44. The quantitative estimate of drug-likeness (QED) is 0.939. The summed E-state index contributed by atoms with van der Waals surface area (Å²) in [5, 5.41) is 2.59. The highest BCUT2D eigenvalue weighted by Crippen LogP contribution is 2.21. The number of hydrogen-bond donors (Lipinski definition) is 1. The molecule has 6 heteroatoms. The number of anilines is 1. The fourth-order valence-corrected chi connectivity index (χ4v) is 1.74. The van der Waals surface area contributed by atoms with Gasteiger partial charge in [0.2, 0.25) is 0 Å². The Morgan fingerprint density at radius 1 is 1.23 bits per heavy atom. The summed E-state index contributed by atoms with van der Waals surface area (Å²) >= 11 is 0. The van der Waals surface area contributed by atoms with E-state index in [1.54, 1.807) is 40.1 Å². The van der Waals surface area contributed by atoms with Gasteiger partial charge in [-0.2, -0.15) is 0 Å². The molecule has 1 heterocycles. The highest BCUT2D eigenvalue weighted by atomic mass is 16.6. The number of benzene rings is 1. The van der Waals surface area contributed by atoms with Gasteiger partial charge in [-0.3, -0.25) is 5.32 Å². The van der Waals surface area contributed by atoms with Crippen LogP contribution in [0.2, 0.25) is 0 Å². The summed E-state index contributed by atoms with van der Waals surface area (Å²) in [7, 11) is 1.60. The van der Waals surface area contributed by atoms with E-state index in [0.29, 0.717) is 17.4 Å². The summed E-state index contributed by atoms with van der Waals surface area (Å²) in [6, 6.07) is 8.99. The average Bonchev–Trinajstić information content (AvgIpc) is 2.45. The number of rotatable bonds is 3. The molecule has 0 aliphatic carbocycles. The van der Waals surface area contributed by atoms with E-state index < -0.39 is 11.7 Å². The molecule has 1 amide bonds. The van der Waals surface area contributed by atoms with Gasteiger partial charge in [0.15, 0.2) is 5.82 Å². The number of hydrogen-bond acceptors (Lipinski definition) is 5. The lowest BCUT2D eigenvalue weighted by molar-refractivity contribution is 0.0635. The van der Waals surface area contributed by atoms with Gasteiger partial charge in [0.05, 0.1) is 7.11 Å². The summed E-state index contributed by atoms with van der Waals surface area (Å²) in [5.41, 5.74) is 0.236. The van der Waals surface area contributed by atoms with E-state index in [9.17, 15) is 4.79 Å². The third-order valence-corrected chi connectivity index (χ3v) is 2.61. The molecule has 0 aliphatic rings. The number of aromatic nitrogens is 2. The lowest BCUT2D eigenvalue weighted by Crippen LogP contribution is -2.27. The first-order valence-corrected chi connectivity index (χ1v) is 6.85. The lowest BCUT2D eigenvalue weighted by atomic mass is 10.2. The predicted octanol–water partition coefficient (Wildman–Crippen LogP) is 3.50. The number of carbonyl (C=O) groups is 1. The topological polar surface area (TPSA) is 73.3 Å². The van der Waals surface area contributed by atoms with Gasteiger partial charge in [-0.05, 0) is 39.0 Å². The minimum absolute atomic E-state index is 0.377. The Balaban J connectivity index is 2.18. The van der Waals surface area contributed by atoms with Gasteiger partial charge in [0.1, 0.15) is 17.2 Å². The van der Waals surface area contributed by atoms with E-state index in [-0.39, 0.29) is 0 Å². The van der Waals surface area contributed by atoms with Crippen LogP contribution in [0.3, 0.4) is 0 Å². The van der Waals surface area contributed by atoms with E-state index >= 15 is 0 Å². The monoisotopic (exact) mass is 301 g/mol. The molecule has 0 atom stereocenters. The zero-order valence-electron chi connectivity index (χ0n) is 13.1. The summed E-state index contributed by atoms with van der Waals surface area (Å²) < 4.78 is 10.4. The molecule has 1 aromatic heterocycles. The van der Waals surface area contributed by atoms with Crippen LogP contribution in [0, 0.1) is 0 Å². The normalized spacial score (nSPS) is 10.9. The third-order valence-electron chi connectivity index (χ3n) is 2.61. The molecule has 0 bridgehead atoms. The van der Waals surface area contributed by atoms with Crippen molar-refractivity contribution in [2.24, 2.45) is 0 Å². The van der Waals surface area contributed by atoms with Crippen molar-refractivity contribution in [2.75, 3.05) is 12.4 Å². The second-order valence-corrected chi connectivity index (χ2v) is 5.62. The number of amides is 1. The molecule has 0 aliphatic heterocycles. The summed E-state index contributed by atoms with van der Waals surface area (Å²) in [5.74, 6) is 1.58. The molecule has 0 fully saturated rings. The number of ether oxygens (including phenoxy) is 2.